The Bertz CT molecular complexity index is 965. The second-order valence-electron chi connectivity index (χ2n) is 5.91. The Hall–Kier alpha value is -2.59. The number of fused-ring (bicyclic) bond motifs is 1. The van der Waals surface area contributed by atoms with Gasteiger partial charge in [0.1, 0.15) is 4.83 Å². The molecule has 0 bridgehead atoms. The van der Waals surface area contributed by atoms with Crippen molar-refractivity contribution in [1.82, 2.24) is 9.97 Å². The normalized spacial score (nSPS) is 12.7. The van der Waals surface area contributed by atoms with E-state index in [2.05, 4.69) is 48.3 Å². The van der Waals surface area contributed by atoms with Crippen molar-refractivity contribution in [2.45, 2.75) is 26.7 Å². The summed E-state index contributed by atoms with van der Waals surface area (Å²) in [5.41, 5.74) is 2.80. The molecule has 0 N–H and O–H groups in total. The Morgan fingerprint density at radius 2 is 2.12 bits per heavy atom. The van der Waals surface area contributed by atoms with E-state index in [4.69, 9.17) is 4.98 Å². The van der Waals surface area contributed by atoms with Crippen molar-refractivity contribution in [1.29, 1.82) is 0 Å². The smallest absolute Gasteiger partial charge is 0.212 e. The molecule has 0 aliphatic carbocycles. The molecule has 0 aromatic carbocycles. The van der Waals surface area contributed by atoms with Crippen LogP contribution in [-0.2, 0) is 0 Å². The predicted molar refractivity (Wildman–Crippen MR) is 110 cm³/mol. The predicted octanol–water partition coefficient (Wildman–Crippen LogP) is 6.81. The molecular weight excluding hydrogens is 343 g/mol. The number of nitrogens with zero attached hydrogens (tertiary/aromatic N) is 2. The topological polar surface area (TPSA) is 25.8 Å². The molecule has 132 valence electrons. The third-order valence-electron chi connectivity index (χ3n) is 3.91. The molecule has 0 aliphatic heterocycles. The fourth-order valence-corrected chi connectivity index (χ4v) is 3.58. The minimum Gasteiger partial charge on any atom is -0.237 e. The van der Waals surface area contributed by atoms with Crippen LogP contribution in [0.1, 0.15) is 31.6 Å². The molecule has 0 saturated carbocycles. The van der Waals surface area contributed by atoms with Crippen molar-refractivity contribution in [3.63, 3.8) is 0 Å². The van der Waals surface area contributed by atoms with Crippen molar-refractivity contribution in [2.75, 3.05) is 0 Å². The van der Waals surface area contributed by atoms with Crippen LogP contribution < -0.4 is 0 Å². The lowest BCUT2D eigenvalue weighted by Gasteiger charge is -1.99. The van der Waals surface area contributed by atoms with Crippen LogP contribution in [0.15, 0.2) is 66.9 Å². The van der Waals surface area contributed by atoms with Crippen molar-refractivity contribution in [3.8, 4) is 11.3 Å². The summed E-state index contributed by atoms with van der Waals surface area (Å²) < 4.78 is 13.0. The van der Waals surface area contributed by atoms with E-state index in [9.17, 15) is 4.39 Å². The fourth-order valence-electron chi connectivity index (χ4n) is 2.54. The van der Waals surface area contributed by atoms with Crippen LogP contribution in [0.25, 0.3) is 27.0 Å². The molecule has 3 heterocycles. The highest BCUT2D eigenvalue weighted by Gasteiger charge is 2.08. The van der Waals surface area contributed by atoms with Gasteiger partial charge in [-0.3, -0.25) is 0 Å². The molecule has 0 amide bonds. The molecule has 2 nitrogen and oxygen atoms in total. The quantitative estimate of drug-likeness (QED) is 0.354. The summed E-state index contributed by atoms with van der Waals surface area (Å²) in [6, 6.07) is 9.25. The van der Waals surface area contributed by atoms with E-state index >= 15 is 0 Å². The summed E-state index contributed by atoms with van der Waals surface area (Å²) in [7, 11) is 0. The average Bonchev–Trinajstić information content (AvgIpc) is 3.08. The molecule has 0 radical (unpaired) electrons. The number of rotatable bonds is 6. The summed E-state index contributed by atoms with van der Waals surface area (Å²) in [4.78, 5) is 10.6. The van der Waals surface area contributed by atoms with Gasteiger partial charge in [0.15, 0.2) is 0 Å². The van der Waals surface area contributed by atoms with Gasteiger partial charge in [-0.05, 0) is 49.2 Å². The lowest BCUT2D eigenvalue weighted by molar-refractivity contribution is 0.584. The van der Waals surface area contributed by atoms with Crippen LogP contribution in [0.5, 0.6) is 0 Å². The molecule has 3 rings (SSSR count). The van der Waals surface area contributed by atoms with Crippen LogP contribution in [0.2, 0.25) is 0 Å². The summed E-state index contributed by atoms with van der Waals surface area (Å²) in [5, 5.41) is 1.11. The molecule has 26 heavy (non-hydrogen) atoms. The van der Waals surface area contributed by atoms with Crippen molar-refractivity contribution < 1.29 is 4.39 Å². The zero-order valence-electron chi connectivity index (χ0n) is 14.9. The van der Waals surface area contributed by atoms with E-state index in [-0.39, 0.29) is 0 Å². The first-order chi connectivity index (χ1) is 12.7. The minimum absolute atomic E-state index is 0.481. The number of pyridine rings is 2. The molecule has 3 aromatic heterocycles. The first kappa shape index (κ1) is 18.2. The summed E-state index contributed by atoms with van der Waals surface area (Å²) in [6.45, 7) is 4.19. The van der Waals surface area contributed by atoms with E-state index in [1.807, 2.05) is 19.1 Å². The molecule has 0 aliphatic rings. The molecule has 0 spiro atoms. The summed E-state index contributed by atoms with van der Waals surface area (Å²) in [5.74, 6) is -0.481. The van der Waals surface area contributed by atoms with Gasteiger partial charge < -0.3 is 0 Å². The van der Waals surface area contributed by atoms with Crippen LogP contribution in [0.4, 0.5) is 4.39 Å². The van der Waals surface area contributed by atoms with Crippen molar-refractivity contribution >= 4 is 27.1 Å². The molecule has 0 fully saturated rings. The largest absolute Gasteiger partial charge is 0.237 e. The van der Waals surface area contributed by atoms with E-state index in [0.29, 0.717) is 0 Å². The maximum atomic E-state index is 13.0. The lowest BCUT2D eigenvalue weighted by Crippen LogP contribution is -1.86. The van der Waals surface area contributed by atoms with Gasteiger partial charge >= 0.3 is 0 Å². The Morgan fingerprint density at radius 3 is 2.85 bits per heavy atom. The number of hydrogen-bond acceptors (Lipinski definition) is 3. The van der Waals surface area contributed by atoms with Crippen LogP contribution in [0, 0.1) is 5.95 Å². The SMILES string of the molecule is C\C=C/C=C(\C=C\CCC)c1cc2ccc(-c3ccc(F)nc3)nc2s1. The number of allylic oxidation sites excluding steroid dienone is 6. The highest BCUT2D eigenvalue weighted by atomic mass is 32.1. The number of unbranched alkanes of at least 4 members (excludes halogenated alkanes) is 1. The Balaban J connectivity index is 1.98. The maximum Gasteiger partial charge on any atom is 0.212 e. The zero-order valence-corrected chi connectivity index (χ0v) is 15.8. The Morgan fingerprint density at radius 1 is 1.23 bits per heavy atom. The third-order valence-corrected chi connectivity index (χ3v) is 5.01. The summed E-state index contributed by atoms with van der Waals surface area (Å²) in [6.07, 6.45) is 14.3. The molecule has 4 heteroatoms. The fraction of sp³-hybridized carbons (Fsp3) is 0.182. The highest BCUT2D eigenvalue weighted by Crippen LogP contribution is 2.32. The average molecular weight is 364 g/mol. The molecule has 0 saturated heterocycles. The first-order valence-corrected chi connectivity index (χ1v) is 9.55. The van der Waals surface area contributed by atoms with E-state index in [0.717, 1.165) is 34.3 Å². The first-order valence-electron chi connectivity index (χ1n) is 8.73. The van der Waals surface area contributed by atoms with Crippen molar-refractivity contribution in [2.24, 2.45) is 0 Å². The second-order valence-corrected chi connectivity index (χ2v) is 6.94. The number of thiophene rings is 1. The number of halogens is 1. The van der Waals surface area contributed by atoms with Crippen LogP contribution >= 0.6 is 11.3 Å². The zero-order chi connectivity index (χ0) is 18.4. The summed E-state index contributed by atoms with van der Waals surface area (Å²) >= 11 is 1.67. The lowest BCUT2D eigenvalue weighted by atomic mass is 10.1. The third kappa shape index (κ3) is 4.33. The standard InChI is InChI=1S/C22H21FN2S/c1-3-5-7-9-16(8-6-4-2)20-14-17-10-12-19(25-22(17)26-20)18-11-13-21(23)24-15-18/h4,6-15H,3,5H2,1-2H3/b6-4-,9-7+,16-8+. The second kappa shape index (κ2) is 8.68. The van der Waals surface area contributed by atoms with E-state index < -0.39 is 5.95 Å². The monoisotopic (exact) mass is 364 g/mol. The maximum absolute atomic E-state index is 13.0. The molecule has 0 atom stereocenters. The van der Waals surface area contributed by atoms with Gasteiger partial charge in [0.2, 0.25) is 5.95 Å². The van der Waals surface area contributed by atoms with Gasteiger partial charge in [0.25, 0.3) is 0 Å². The number of aromatic nitrogens is 2. The molecular formula is C22H21FN2S. The van der Waals surface area contributed by atoms with Gasteiger partial charge in [0, 0.05) is 22.0 Å². The number of hydrogen-bond donors (Lipinski definition) is 0. The van der Waals surface area contributed by atoms with E-state index in [1.54, 1.807) is 17.4 Å². The molecule has 0 unspecified atom stereocenters. The van der Waals surface area contributed by atoms with Gasteiger partial charge in [-0.15, -0.1) is 11.3 Å². The van der Waals surface area contributed by atoms with Crippen LogP contribution in [-0.4, -0.2) is 9.97 Å². The van der Waals surface area contributed by atoms with Gasteiger partial charge in [0.05, 0.1) is 5.69 Å². The molecule has 3 aromatic rings. The van der Waals surface area contributed by atoms with Crippen molar-refractivity contribution in [3.05, 3.63) is 77.7 Å². The Labute approximate surface area is 157 Å². The van der Waals surface area contributed by atoms with E-state index in [1.165, 1.54) is 22.7 Å². The highest BCUT2D eigenvalue weighted by molar-refractivity contribution is 7.19. The van der Waals surface area contributed by atoms with Gasteiger partial charge in [-0.2, -0.15) is 4.39 Å². The van der Waals surface area contributed by atoms with Gasteiger partial charge in [-0.25, -0.2) is 9.97 Å². The Kier molecular flexibility index (Phi) is 6.08. The van der Waals surface area contributed by atoms with Crippen LogP contribution in [0.3, 0.4) is 0 Å². The van der Waals surface area contributed by atoms with Gasteiger partial charge in [-0.1, -0.05) is 43.7 Å². The minimum atomic E-state index is -0.481.